The highest BCUT2D eigenvalue weighted by atomic mass is 16.5. The first-order chi connectivity index (χ1) is 12.8. The van der Waals surface area contributed by atoms with Crippen LogP contribution in [0.5, 0.6) is 0 Å². The lowest BCUT2D eigenvalue weighted by molar-refractivity contribution is 0.0405. The smallest absolute Gasteiger partial charge is 0.193 e. The summed E-state index contributed by atoms with van der Waals surface area (Å²) in [4.78, 5) is 10.5. The van der Waals surface area contributed by atoms with E-state index in [9.17, 15) is 0 Å². The van der Waals surface area contributed by atoms with Gasteiger partial charge in [-0.05, 0) is 52.1 Å². The summed E-state index contributed by atoms with van der Waals surface area (Å²) < 4.78 is 5.37. The third-order valence-corrected chi connectivity index (χ3v) is 6.66. The third kappa shape index (κ3) is 4.92. The van der Waals surface area contributed by atoms with Gasteiger partial charge in [0.25, 0.3) is 0 Å². The molecule has 150 valence electrons. The average molecular weight is 365 g/mol. The Morgan fingerprint density at radius 3 is 2.50 bits per heavy atom. The Bertz CT molecular complexity index is 441. The van der Waals surface area contributed by atoms with Gasteiger partial charge in [0.1, 0.15) is 0 Å². The zero-order chi connectivity index (χ0) is 18.2. The van der Waals surface area contributed by atoms with E-state index in [2.05, 4.69) is 22.0 Å². The van der Waals surface area contributed by atoms with Crippen LogP contribution in [0.15, 0.2) is 4.99 Å². The molecule has 0 aromatic rings. The Kier molecular flexibility index (Phi) is 7.62. The Labute approximate surface area is 160 Å². The normalized spacial score (nSPS) is 27.7. The van der Waals surface area contributed by atoms with Crippen LogP contribution in [0.4, 0.5) is 0 Å². The number of nitrogens with zero attached hydrogens (tertiary/aromatic N) is 3. The fourth-order valence-electron chi connectivity index (χ4n) is 5.20. The first kappa shape index (κ1) is 19.9. The molecule has 1 unspecified atom stereocenters. The Balaban J connectivity index is 1.69. The van der Waals surface area contributed by atoms with E-state index in [0.29, 0.717) is 11.5 Å². The van der Waals surface area contributed by atoms with Crippen LogP contribution >= 0.6 is 0 Å². The van der Waals surface area contributed by atoms with Crippen molar-refractivity contribution in [1.29, 1.82) is 0 Å². The lowest BCUT2D eigenvalue weighted by Gasteiger charge is -2.47. The van der Waals surface area contributed by atoms with Crippen molar-refractivity contribution in [2.75, 3.05) is 53.0 Å². The summed E-state index contributed by atoms with van der Waals surface area (Å²) in [6.45, 7) is 9.72. The molecular weight excluding hydrogens is 324 g/mol. The molecule has 5 heteroatoms. The van der Waals surface area contributed by atoms with Gasteiger partial charge in [-0.3, -0.25) is 9.89 Å². The maximum Gasteiger partial charge on any atom is 0.193 e. The Hall–Kier alpha value is -0.810. The van der Waals surface area contributed by atoms with Crippen LogP contribution in [0.1, 0.15) is 64.7 Å². The standard InChI is InChI=1S/C21H40N4O/c1-3-22-20(24-15-10-19(16-24)17-26-2)23-18-21(11-6-4-7-12-21)25-13-8-5-9-14-25/h19H,3-18H2,1-2H3,(H,22,23). The molecule has 0 amide bonds. The number of ether oxygens (including phenoxy) is 1. The van der Waals surface area contributed by atoms with Crippen molar-refractivity contribution in [1.82, 2.24) is 15.1 Å². The molecule has 2 heterocycles. The Morgan fingerprint density at radius 1 is 1.08 bits per heavy atom. The number of guanidine groups is 1. The van der Waals surface area contributed by atoms with Crippen molar-refractivity contribution in [2.24, 2.45) is 10.9 Å². The van der Waals surface area contributed by atoms with Gasteiger partial charge in [0.15, 0.2) is 5.96 Å². The van der Waals surface area contributed by atoms with Crippen LogP contribution < -0.4 is 5.32 Å². The van der Waals surface area contributed by atoms with E-state index >= 15 is 0 Å². The van der Waals surface area contributed by atoms with Crippen LogP contribution in [-0.4, -0.2) is 74.3 Å². The SMILES string of the molecule is CCNC(=NCC1(N2CCCCC2)CCCCC1)N1CCC(COC)C1. The largest absolute Gasteiger partial charge is 0.384 e. The molecule has 0 spiro atoms. The van der Waals surface area contributed by atoms with E-state index in [0.717, 1.165) is 38.7 Å². The summed E-state index contributed by atoms with van der Waals surface area (Å²) in [5, 5.41) is 3.56. The van der Waals surface area contributed by atoms with E-state index in [1.165, 1.54) is 70.9 Å². The number of piperidine rings is 1. The third-order valence-electron chi connectivity index (χ3n) is 6.66. The van der Waals surface area contributed by atoms with E-state index in [-0.39, 0.29) is 0 Å². The fourth-order valence-corrected chi connectivity index (χ4v) is 5.20. The summed E-state index contributed by atoms with van der Waals surface area (Å²) in [5.74, 6) is 1.78. The van der Waals surface area contributed by atoms with Crippen molar-refractivity contribution < 1.29 is 4.74 Å². The summed E-state index contributed by atoms with van der Waals surface area (Å²) in [6.07, 6.45) is 12.2. The molecule has 3 fully saturated rings. The zero-order valence-corrected chi connectivity index (χ0v) is 17.1. The van der Waals surface area contributed by atoms with Crippen molar-refractivity contribution in [2.45, 2.75) is 70.3 Å². The van der Waals surface area contributed by atoms with Crippen LogP contribution in [0.25, 0.3) is 0 Å². The summed E-state index contributed by atoms with van der Waals surface area (Å²) in [6, 6.07) is 0. The molecule has 2 aliphatic heterocycles. The zero-order valence-electron chi connectivity index (χ0n) is 17.1. The molecule has 2 saturated heterocycles. The Morgan fingerprint density at radius 2 is 1.81 bits per heavy atom. The lowest BCUT2D eigenvalue weighted by atomic mass is 9.79. The average Bonchev–Trinajstić information content (AvgIpc) is 3.15. The molecule has 26 heavy (non-hydrogen) atoms. The number of hydrogen-bond donors (Lipinski definition) is 1. The molecule has 0 aromatic heterocycles. The second kappa shape index (κ2) is 9.93. The van der Waals surface area contributed by atoms with Crippen LogP contribution in [0.2, 0.25) is 0 Å². The maximum atomic E-state index is 5.37. The van der Waals surface area contributed by atoms with Crippen LogP contribution in [0, 0.1) is 5.92 Å². The number of rotatable bonds is 6. The molecule has 3 aliphatic rings. The minimum atomic E-state index is 0.324. The highest BCUT2D eigenvalue weighted by Gasteiger charge is 2.38. The molecular formula is C21H40N4O. The van der Waals surface area contributed by atoms with Gasteiger partial charge in [0, 0.05) is 38.2 Å². The molecule has 1 N–H and O–H groups in total. The quantitative estimate of drug-likeness (QED) is 0.581. The maximum absolute atomic E-state index is 5.37. The number of aliphatic imine (C=N–C) groups is 1. The monoisotopic (exact) mass is 364 g/mol. The molecule has 1 atom stereocenters. The van der Waals surface area contributed by atoms with Crippen LogP contribution in [0.3, 0.4) is 0 Å². The van der Waals surface area contributed by atoms with Gasteiger partial charge in [-0.25, -0.2) is 0 Å². The molecule has 0 bridgehead atoms. The van der Waals surface area contributed by atoms with Gasteiger partial charge in [0.2, 0.25) is 0 Å². The van der Waals surface area contributed by atoms with Gasteiger partial charge in [-0.2, -0.15) is 0 Å². The van der Waals surface area contributed by atoms with E-state index in [1.54, 1.807) is 0 Å². The van der Waals surface area contributed by atoms with E-state index in [1.807, 2.05) is 7.11 Å². The van der Waals surface area contributed by atoms with Crippen LogP contribution in [-0.2, 0) is 4.74 Å². The van der Waals surface area contributed by atoms with Crippen molar-refractivity contribution in [3.63, 3.8) is 0 Å². The molecule has 0 aromatic carbocycles. The first-order valence-electron chi connectivity index (χ1n) is 11.0. The number of methoxy groups -OCH3 is 1. The molecule has 0 radical (unpaired) electrons. The topological polar surface area (TPSA) is 40.1 Å². The van der Waals surface area contributed by atoms with E-state index in [4.69, 9.17) is 9.73 Å². The van der Waals surface area contributed by atoms with Crippen molar-refractivity contribution in [3.8, 4) is 0 Å². The summed E-state index contributed by atoms with van der Waals surface area (Å²) in [7, 11) is 1.81. The second-order valence-corrected chi connectivity index (χ2v) is 8.56. The van der Waals surface area contributed by atoms with Gasteiger partial charge in [-0.15, -0.1) is 0 Å². The van der Waals surface area contributed by atoms with Gasteiger partial charge < -0.3 is 15.0 Å². The van der Waals surface area contributed by atoms with Gasteiger partial charge >= 0.3 is 0 Å². The summed E-state index contributed by atoms with van der Waals surface area (Å²) >= 11 is 0. The number of nitrogens with one attached hydrogen (secondary N) is 1. The van der Waals surface area contributed by atoms with Crippen molar-refractivity contribution in [3.05, 3.63) is 0 Å². The first-order valence-corrected chi connectivity index (χ1v) is 11.0. The molecule has 1 saturated carbocycles. The minimum absolute atomic E-state index is 0.324. The second-order valence-electron chi connectivity index (χ2n) is 8.56. The highest BCUT2D eigenvalue weighted by molar-refractivity contribution is 5.80. The predicted octanol–water partition coefficient (Wildman–Crippen LogP) is 3.11. The van der Waals surface area contributed by atoms with E-state index < -0.39 is 0 Å². The minimum Gasteiger partial charge on any atom is -0.384 e. The predicted molar refractivity (Wildman–Crippen MR) is 109 cm³/mol. The fraction of sp³-hybridized carbons (Fsp3) is 0.952. The van der Waals surface area contributed by atoms with Crippen molar-refractivity contribution >= 4 is 5.96 Å². The highest BCUT2D eigenvalue weighted by Crippen LogP contribution is 2.36. The molecule has 5 nitrogen and oxygen atoms in total. The van der Waals surface area contributed by atoms with Gasteiger partial charge in [-0.1, -0.05) is 25.7 Å². The van der Waals surface area contributed by atoms with Gasteiger partial charge in [0.05, 0.1) is 13.2 Å². The number of likely N-dealkylation sites (tertiary alicyclic amines) is 2. The molecule has 1 aliphatic carbocycles. The number of hydrogen-bond acceptors (Lipinski definition) is 3. The molecule has 3 rings (SSSR count). The lowest BCUT2D eigenvalue weighted by Crippen LogP contribution is -2.54. The summed E-state index contributed by atoms with van der Waals surface area (Å²) in [5.41, 5.74) is 0.324.